The molecule has 1 aliphatic heterocycles. The number of methoxy groups -OCH3 is 1. The van der Waals surface area contributed by atoms with Crippen molar-refractivity contribution in [2.24, 2.45) is 0 Å². The normalized spacial score (nSPS) is 15.6. The molecule has 0 bridgehead atoms. The number of nitrogens with one attached hydrogen (secondary N) is 1. The van der Waals surface area contributed by atoms with Crippen LogP contribution in [-0.2, 0) is 4.79 Å². The molecule has 0 aliphatic carbocycles. The molecule has 1 aliphatic rings. The fourth-order valence-electron chi connectivity index (χ4n) is 3.30. The Kier molecular flexibility index (Phi) is 5.28. The van der Waals surface area contributed by atoms with Crippen LogP contribution in [0, 0.1) is 13.8 Å². The molecule has 27 heavy (non-hydrogen) atoms. The molecule has 6 nitrogen and oxygen atoms in total. The molecule has 0 radical (unpaired) electrons. The van der Waals surface area contributed by atoms with Gasteiger partial charge >= 0.3 is 6.03 Å². The van der Waals surface area contributed by atoms with E-state index < -0.39 is 0 Å². The molecule has 7 heteroatoms. The summed E-state index contributed by atoms with van der Waals surface area (Å²) in [6, 6.07) is 7.01. The van der Waals surface area contributed by atoms with Gasteiger partial charge in [0.25, 0.3) is 5.91 Å². The molecule has 0 unspecified atom stereocenters. The fourth-order valence-corrected chi connectivity index (χ4v) is 3.46. The third-order valence-electron chi connectivity index (χ3n) is 4.56. The number of aromatic nitrogens is 1. The number of aryl methyl sites for hydroxylation is 1. The van der Waals surface area contributed by atoms with Gasteiger partial charge in [-0.15, -0.1) is 0 Å². The lowest BCUT2D eigenvalue weighted by atomic mass is 10.2. The third-order valence-corrected chi connectivity index (χ3v) is 4.80. The maximum atomic E-state index is 12.5. The number of carbonyl (C=O) groups is 2. The van der Waals surface area contributed by atoms with Crippen LogP contribution in [0.25, 0.3) is 11.8 Å². The zero-order valence-electron chi connectivity index (χ0n) is 15.8. The van der Waals surface area contributed by atoms with Crippen molar-refractivity contribution in [2.75, 3.05) is 13.7 Å². The molecule has 0 atom stereocenters. The Labute approximate surface area is 163 Å². The number of hydrogen-bond donors (Lipinski definition) is 1. The molecule has 0 spiro atoms. The predicted octanol–water partition coefficient (Wildman–Crippen LogP) is 4.06. The monoisotopic (exact) mass is 387 g/mol. The molecular formula is C20H22ClN3O3. The van der Waals surface area contributed by atoms with Gasteiger partial charge < -0.3 is 14.6 Å². The second kappa shape index (κ2) is 7.48. The summed E-state index contributed by atoms with van der Waals surface area (Å²) in [5, 5.41) is 3.26. The van der Waals surface area contributed by atoms with E-state index in [-0.39, 0.29) is 17.6 Å². The predicted molar refractivity (Wildman–Crippen MR) is 105 cm³/mol. The SMILES string of the molecule is CCCN1C(=O)N/C(=C/c2cc(C)n(-c3cc(Cl)ccc3OC)c2C)C1=O. The van der Waals surface area contributed by atoms with Crippen molar-refractivity contribution in [1.82, 2.24) is 14.8 Å². The van der Waals surface area contributed by atoms with Crippen LogP contribution in [0.2, 0.25) is 5.02 Å². The summed E-state index contributed by atoms with van der Waals surface area (Å²) in [6.45, 7) is 6.24. The lowest BCUT2D eigenvalue weighted by molar-refractivity contribution is -0.122. The maximum absolute atomic E-state index is 12.5. The third kappa shape index (κ3) is 3.45. The summed E-state index contributed by atoms with van der Waals surface area (Å²) in [5.41, 5.74) is 3.82. The van der Waals surface area contributed by atoms with Gasteiger partial charge in [-0.1, -0.05) is 18.5 Å². The van der Waals surface area contributed by atoms with Crippen LogP contribution >= 0.6 is 11.6 Å². The van der Waals surface area contributed by atoms with E-state index in [0.29, 0.717) is 17.3 Å². The molecule has 3 rings (SSSR count). The topological polar surface area (TPSA) is 63.6 Å². The summed E-state index contributed by atoms with van der Waals surface area (Å²) in [7, 11) is 1.61. The summed E-state index contributed by atoms with van der Waals surface area (Å²) in [5.74, 6) is 0.395. The molecule has 1 N–H and O–H groups in total. The minimum Gasteiger partial charge on any atom is -0.495 e. The van der Waals surface area contributed by atoms with Crippen molar-refractivity contribution in [3.8, 4) is 11.4 Å². The van der Waals surface area contributed by atoms with Gasteiger partial charge in [-0.2, -0.15) is 0 Å². The molecule has 142 valence electrons. The first-order chi connectivity index (χ1) is 12.9. The number of benzene rings is 1. The second-order valence-electron chi connectivity index (χ2n) is 6.42. The van der Waals surface area contributed by atoms with E-state index in [4.69, 9.17) is 16.3 Å². The lowest BCUT2D eigenvalue weighted by Crippen LogP contribution is -2.31. The Morgan fingerprint density at radius 3 is 2.63 bits per heavy atom. The largest absolute Gasteiger partial charge is 0.495 e. The lowest BCUT2D eigenvalue weighted by Gasteiger charge is -2.14. The zero-order valence-corrected chi connectivity index (χ0v) is 16.6. The summed E-state index contributed by atoms with van der Waals surface area (Å²) in [4.78, 5) is 25.7. The minimum absolute atomic E-state index is 0.284. The van der Waals surface area contributed by atoms with E-state index in [2.05, 4.69) is 5.32 Å². The van der Waals surface area contributed by atoms with Crippen molar-refractivity contribution in [3.05, 3.63) is 51.9 Å². The highest BCUT2D eigenvalue weighted by Gasteiger charge is 2.32. The molecule has 3 amide bonds. The highest BCUT2D eigenvalue weighted by atomic mass is 35.5. The Hall–Kier alpha value is -2.73. The van der Waals surface area contributed by atoms with Crippen LogP contribution in [-0.4, -0.2) is 35.1 Å². The maximum Gasteiger partial charge on any atom is 0.329 e. The smallest absolute Gasteiger partial charge is 0.329 e. The number of amides is 3. The fraction of sp³-hybridized carbons (Fsp3) is 0.300. The summed E-state index contributed by atoms with van der Waals surface area (Å²) >= 11 is 6.18. The molecule has 1 aromatic carbocycles. The number of imide groups is 1. The van der Waals surface area contributed by atoms with Crippen molar-refractivity contribution in [2.45, 2.75) is 27.2 Å². The van der Waals surface area contributed by atoms with Gasteiger partial charge in [0.2, 0.25) is 0 Å². The Morgan fingerprint density at radius 1 is 1.22 bits per heavy atom. The highest BCUT2D eigenvalue weighted by Crippen LogP contribution is 2.31. The second-order valence-corrected chi connectivity index (χ2v) is 6.86. The van der Waals surface area contributed by atoms with Gasteiger partial charge in [0.1, 0.15) is 11.4 Å². The summed E-state index contributed by atoms with van der Waals surface area (Å²) in [6.07, 6.45) is 2.43. The van der Waals surface area contributed by atoms with Crippen molar-refractivity contribution in [3.63, 3.8) is 0 Å². The number of rotatable bonds is 5. The van der Waals surface area contributed by atoms with Gasteiger partial charge in [0.15, 0.2) is 0 Å². The first kappa shape index (κ1) is 19.0. The van der Waals surface area contributed by atoms with Crippen molar-refractivity contribution < 1.29 is 14.3 Å². The Bertz CT molecular complexity index is 946. The molecule has 1 aromatic heterocycles. The minimum atomic E-state index is -0.376. The van der Waals surface area contributed by atoms with E-state index in [9.17, 15) is 9.59 Å². The van der Waals surface area contributed by atoms with Gasteiger partial charge in [-0.25, -0.2) is 4.79 Å². The van der Waals surface area contributed by atoms with Gasteiger partial charge in [0, 0.05) is 23.0 Å². The Balaban J connectivity index is 2.04. The van der Waals surface area contributed by atoms with E-state index in [1.165, 1.54) is 4.90 Å². The van der Waals surface area contributed by atoms with Crippen LogP contribution in [0.5, 0.6) is 5.75 Å². The molecule has 0 saturated carbocycles. The average Bonchev–Trinajstić information content (AvgIpc) is 3.05. The zero-order chi connectivity index (χ0) is 19.7. The van der Waals surface area contributed by atoms with Crippen LogP contribution in [0.3, 0.4) is 0 Å². The average molecular weight is 388 g/mol. The number of halogens is 1. The van der Waals surface area contributed by atoms with Crippen molar-refractivity contribution in [1.29, 1.82) is 0 Å². The molecule has 2 aromatic rings. The number of urea groups is 1. The van der Waals surface area contributed by atoms with Gasteiger partial charge in [0.05, 0.1) is 12.8 Å². The molecular weight excluding hydrogens is 366 g/mol. The molecule has 2 heterocycles. The Morgan fingerprint density at radius 2 is 1.96 bits per heavy atom. The highest BCUT2D eigenvalue weighted by molar-refractivity contribution is 6.30. The standard InChI is InChI=1S/C20H22ClN3O3/c1-5-8-23-19(25)16(22-20(23)26)10-14-9-12(2)24(13(14)3)17-11-15(21)6-7-18(17)27-4/h6-7,9-11H,5,8H2,1-4H3,(H,22,26)/b16-10+. The van der Waals surface area contributed by atoms with E-state index in [1.807, 2.05) is 43.5 Å². The van der Waals surface area contributed by atoms with E-state index in [0.717, 1.165) is 29.1 Å². The quantitative estimate of drug-likeness (QED) is 0.621. The number of ether oxygens (including phenoxy) is 1. The van der Waals surface area contributed by atoms with Gasteiger partial charge in [-0.05, 0) is 56.2 Å². The first-order valence-corrected chi connectivity index (χ1v) is 9.12. The van der Waals surface area contributed by atoms with E-state index >= 15 is 0 Å². The molecule has 1 fully saturated rings. The van der Waals surface area contributed by atoms with Crippen LogP contribution in [0.15, 0.2) is 30.0 Å². The van der Waals surface area contributed by atoms with Gasteiger partial charge in [-0.3, -0.25) is 9.69 Å². The first-order valence-electron chi connectivity index (χ1n) is 8.74. The number of nitrogens with zero attached hydrogens (tertiary/aromatic N) is 2. The van der Waals surface area contributed by atoms with Crippen LogP contribution in [0.1, 0.15) is 30.3 Å². The van der Waals surface area contributed by atoms with Crippen molar-refractivity contribution >= 4 is 29.6 Å². The van der Waals surface area contributed by atoms with Crippen LogP contribution in [0.4, 0.5) is 4.79 Å². The number of carbonyl (C=O) groups excluding carboxylic acids is 2. The number of hydrogen-bond acceptors (Lipinski definition) is 3. The van der Waals surface area contributed by atoms with E-state index in [1.54, 1.807) is 19.3 Å². The summed E-state index contributed by atoms with van der Waals surface area (Å²) < 4.78 is 7.48. The van der Waals surface area contributed by atoms with Crippen LogP contribution < -0.4 is 10.1 Å². The molecule has 1 saturated heterocycles.